The van der Waals surface area contributed by atoms with Crippen LogP contribution in [0.15, 0.2) is 40.9 Å². The topological polar surface area (TPSA) is 58.8 Å². The van der Waals surface area contributed by atoms with E-state index in [1.807, 2.05) is 48.2 Å². The van der Waals surface area contributed by atoms with E-state index < -0.39 is 0 Å². The molecular formula is C18H21N3O3. The van der Waals surface area contributed by atoms with Gasteiger partial charge >= 0.3 is 6.03 Å². The zero-order chi connectivity index (χ0) is 16.5. The van der Waals surface area contributed by atoms with Gasteiger partial charge in [0.2, 0.25) is 0 Å². The molecule has 126 valence electrons. The predicted octanol–water partition coefficient (Wildman–Crippen LogP) is 3.31. The number of amides is 2. The number of carbonyl (C=O) groups excluding carboxylic acids is 1. The van der Waals surface area contributed by atoms with Gasteiger partial charge < -0.3 is 9.42 Å². The van der Waals surface area contributed by atoms with Crippen LogP contribution in [0.1, 0.15) is 42.8 Å². The summed E-state index contributed by atoms with van der Waals surface area (Å²) in [6.07, 6.45) is 2.61. The van der Waals surface area contributed by atoms with Crippen molar-refractivity contribution in [2.24, 2.45) is 0 Å². The molecule has 24 heavy (non-hydrogen) atoms. The van der Waals surface area contributed by atoms with Gasteiger partial charge in [0.25, 0.3) is 0 Å². The third-order valence-corrected chi connectivity index (χ3v) is 4.80. The number of hydrogen-bond acceptors (Lipinski definition) is 4. The Labute approximate surface area is 140 Å². The second-order valence-corrected chi connectivity index (χ2v) is 6.34. The van der Waals surface area contributed by atoms with Crippen molar-refractivity contribution in [3.63, 3.8) is 0 Å². The van der Waals surface area contributed by atoms with E-state index in [1.165, 1.54) is 0 Å². The number of hydrogen-bond donors (Lipinski definition) is 0. The van der Waals surface area contributed by atoms with Crippen LogP contribution in [0.2, 0.25) is 0 Å². The van der Waals surface area contributed by atoms with Crippen molar-refractivity contribution < 1.29 is 14.2 Å². The van der Waals surface area contributed by atoms with E-state index in [1.54, 1.807) is 5.06 Å². The Balaban J connectivity index is 1.46. The molecule has 0 spiro atoms. The number of carbonyl (C=O) groups is 1. The van der Waals surface area contributed by atoms with Crippen LogP contribution in [-0.2, 0) is 17.9 Å². The number of aromatic nitrogens is 1. The van der Waals surface area contributed by atoms with Gasteiger partial charge in [0.05, 0.1) is 12.1 Å². The van der Waals surface area contributed by atoms with E-state index >= 15 is 0 Å². The molecular weight excluding hydrogens is 306 g/mol. The second-order valence-electron chi connectivity index (χ2n) is 6.34. The zero-order valence-electron chi connectivity index (χ0n) is 13.7. The van der Waals surface area contributed by atoms with Gasteiger partial charge in [-0.05, 0) is 18.4 Å². The van der Waals surface area contributed by atoms with E-state index in [4.69, 9.17) is 9.36 Å². The average Bonchev–Trinajstić information content (AvgIpc) is 3.19. The molecule has 6 heteroatoms. The third kappa shape index (κ3) is 2.67. The highest BCUT2D eigenvalue weighted by atomic mass is 16.7. The first-order valence-electron chi connectivity index (χ1n) is 8.48. The van der Waals surface area contributed by atoms with E-state index in [9.17, 15) is 4.79 Å². The standard InChI is InChI=1S/C18H21N3O3/c1-2-15-10-16(19-24-15)17-9-8-14-11-20(17)18(22)21(14)23-12-13-6-4-3-5-7-13/h3-7,10,14,17H,2,8-9,11-12H2,1H3/t14-,17+/m1/s1. The van der Waals surface area contributed by atoms with Crippen LogP contribution in [-0.4, -0.2) is 33.7 Å². The van der Waals surface area contributed by atoms with Crippen molar-refractivity contribution in [3.05, 3.63) is 53.4 Å². The van der Waals surface area contributed by atoms with Crippen molar-refractivity contribution in [1.82, 2.24) is 15.1 Å². The fourth-order valence-corrected chi connectivity index (χ4v) is 3.48. The van der Waals surface area contributed by atoms with Crippen molar-refractivity contribution in [2.75, 3.05) is 6.54 Å². The van der Waals surface area contributed by atoms with Crippen molar-refractivity contribution in [3.8, 4) is 0 Å². The number of hydroxylamine groups is 2. The Bertz CT molecular complexity index is 715. The Morgan fingerprint density at radius 1 is 1.29 bits per heavy atom. The molecule has 1 aromatic heterocycles. The molecule has 0 radical (unpaired) electrons. The Kier molecular flexibility index (Phi) is 3.98. The van der Waals surface area contributed by atoms with Crippen LogP contribution >= 0.6 is 0 Å². The summed E-state index contributed by atoms with van der Waals surface area (Å²) in [7, 11) is 0. The summed E-state index contributed by atoms with van der Waals surface area (Å²) in [4.78, 5) is 20.4. The van der Waals surface area contributed by atoms with Crippen LogP contribution < -0.4 is 0 Å². The van der Waals surface area contributed by atoms with E-state index in [0.29, 0.717) is 13.2 Å². The summed E-state index contributed by atoms with van der Waals surface area (Å²) in [5.41, 5.74) is 1.91. The first kappa shape index (κ1) is 15.2. The monoisotopic (exact) mass is 327 g/mol. The summed E-state index contributed by atoms with van der Waals surface area (Å²) >= 11 is 0. The maximum Gasteiger partial charge on any atom is 0.344 e. The molecule has 2 saturated heterocycles. The molecule has 3 heterocycles. The van der Waals surface area contributed by atoms with Crippen molar-refractivity contribution >= 4 is 6.03 Å². The lowest BCUT2D eigenvalue weighted by Crippen LogP contribution is -2.34. The minimum Gasteiger partial charge on any atom is -0.361 e. The number of piperidine rings is 1. The zero-order valence-corrected chi connectivity index (χ0v) is 13.7. The smallest absolute Gasteiger partial charge is 0.344 e. The molecule has 2 amide bonds. The van der Waals surface area contributed by atoms with Crippen LogP contribution in [0.25, 0.3) is 0 Å². The Hall–Kier alpha value is -2.34. The molecule has 2 fully saturated rings. The lowest BCUT2D eigenvalue weighted by Gasteiger charge is -2.28. The average molecular weight is 327 g/mol. The van der Waals surface area contributed by atoms with Gasteiger partial charge in [-0.3, -0.25) is 4.84 Å². The minimum absolute atomic E-state index is 0.0110. The van der Waals surface area contributed by atoms with Crippen LogP contribution in [0.5, 0.6) is 0 Å². The SMILES string of the molecule is CCc1cc([C@@H]2CC[C@@H]3CN2C(=O)N3OCc2ccccc2)no1. The number of urea groups is 1. The summed E-state index contributed by atoms with van der Waals surface area (Å²) in [6.45, 7) is 3.12. The van der Waals surface area contributed by atoms with Gasteiger partial charge in [0, 0.05) is 19.0 Å². The van der Waals surface area contributed by atoms with Crippen LogP contribution in [0.3, 0.4) is 0 Å². The molecule has 2 bridgehead atoms. The molecule has 2 aliphatic heterocycles. The van der Waals surface area contributed by atoms with Crippen LogP contribution in [0.4, 0.5) is 4.79 Å². The molecule has 0 unspecified atom stereocenters. The van der Waals surface area contributed by atoms with Gasteiger partial charge in [0.15, 0.2) is 0 Å². The maximum absolute atomic E-state index is 12.7. The fraction of sp³-hybridized carbons (Fsp3) is 0.444. The molecule has 2 aromatic rings. The molecule has 6 nitrogen and oxygen atoms in total. The largest absolute Gasteiger partial charge is 0.361 e. The summed E-state index contributed by atoms with van der Waals surface area (Å²) in [5.74, 6) is 0.857. The van der Waals surface area contributed by atoms with Gasteiger partial charge in [0.1, 0.15) is 18.1 Å². The highest BCUT2D eigenvalue weighted by Crippen LogP contribution is 2.38. The highest BCUT2D eigenvalue weighted by Gasteiger charge is 2.46. The minimum atomic E-state index is -0.0699. The first-order valence-corrected chi connectivity index (χ1v) is 8.48. The van der Waals surface area contributed by atoms with Crippen LogP contribution in [0, 0.1) is 0 Å². The predicted molar refractivity (Wildman–Crippen MR) is 86.8 cm³/mol. The summed E-state index contributed by atoms with van der Waals surface area (Å²) in [6, 6.07) is 11.9. The first-order chi connectivity index (χ1) is 11.8. The number of rotatable bonds is 5. The van der Waals surface area contributed by atoms with Gasteiger partial charge in [-0.25, -0.2) is 4.79 Å². The lowest BCUT2D eigenvalue weighted by molar-refractivity contribution is -0.140. The number of fused-ring (bicyclic) bond motifs is 2. The van der Waals surface area contributed by atoms with Gasteiger partial charge in [-0.2, -0.15) is 5.06 Å². The van der Waals surface area contributed by atoms with Gasteiger partial charge in [-0.15, -0.1) is 0 Å². The van der Waals surface area contributed by atoms with Crippen molar-refractivity contribution in [2.45, 2.75) is 44.9 Å². The number of aryl methyl sites for hydroxylation is 1. The third-order valence-electron chi connectivity index (χ3n) is 4.80. The van der Waals surface area contributed by atoms with E-state index in [2.05, 4.69) is 5.16 Å². The number of nitrogens with zero attached hydrogens (tertiary/aromatic N) is 3. The van der Waals surface area contributed by atoms with E-state index in [-0.39, 0.29) is 18.1 Å². The molecule has 0 saturated carbocycles. The Morgan fingerprint density at radius 2 is 2.12 bits per heavy atom. The summed E-state index contributed by atoms with van der Waals surface area (Å²) in [5, 5.41) is 5.70. The molecule has 0 N–H and O–H groups in total. The maximum atomic E-state index is 12.7. The quantitative estimate of drug-likeness (QED) is 0.845. The second kappa shape index (κ2) is 6.28. The van der Waals surface area contributed by atoms with Crippen molar-refractivity contribution in [1.29, 1.82) is 0 Å². The number of benzene rings is 1. The highest BCUT2D eigenvalue weighted by molar-refractivity contribution is 5.77. The molecule has 1 aromatic carbocycles. The van der Waals surface area contributed by atoms with Gasteiger partial charge in [-0.1, -0.05) is 42.4 Å². The molecule has 2 atom stereocenters. The van der Waals surface area contributed by atoms with E-state index in [0.717, 1.165) is 36.3 Å². The summed E-state index contributed by atoms with van der Waals surface area (Å²) < 4.78 is 5.31. The Morgan fingerprint density at radius 3 is 2.88 bits per heavy atom. The molecule has 2 aliphatic rings. The molecule has 0 aliphatic carbocycles. The fourth-order valence-electron chi connectivity index (χ4n) is 3.48. The normalized spacial score (nSPS) is 23.1. The molecule has 4 rings (SSSR count). The lowest BCUT2D eigenvalue weighted by atomic mass is 9.98.